The number of benzene rings is 1. The van der Waals surface area contributed by atoms with Crippen molar-refractivity contribution in [3.63, 3.8) is 0 Å². The van der Waals surface area contributed by atoms with Gasteiger partial charge < -0.3 is 29.5 Å². The molecule has 1 aromatic rings. The normalized spacial score (nSPS) is 25.8. The number of carbonyl (C=O) groups excluding carboxylic acids is 5. The van der Waals surface area contributed by atoms with E-state index < -0.39 is 30.0 Å². The topological polar surface area (TPSA) is 126 Å². The summed E-state index contributed by atoms with van der Waals surface area (Å²) in [4.78, 5) is 72.9. The van der Waals surface area contributed by atoms with Crippen LogP contribution in [0.4, 0.5) is 0 Å². The average molecular weight is 697 g/mol. The van der Waals surface area contributed by atoms with E-state index >= 15 is 0 Å². The molecule has 0 radical (unpaired) electrons. The fraction of sp³-hybridized carbons (Fsp3) is 0.667. The molecule has 0 saturated carbocycles. The van der Waals surface area contributed by atoms with Gasteiger partial charge in [-0.1, -0.05) is 55.8 Å². The maximum Gasteiger partial charge on any atom is 0.329 e. The Hall–Kier alpha value is -3.73. The highest BCUT2D eigenvalue weighted by molar-refractivity contribution is 5.94. The number of hydrogen-bond acceptors (Lipinski definition) is 7. The number of fused-ring (bicyclic) bond motifs is 1. The lowest BCUT2D eigenvalue weighted by Crippen LogP contribution is -2.55. The van der Waals surface area contributed by atoms with Crippen LogP contribution in [0.5, 0.6) is 0 Å². The quantitative estimate of drug-likeness (QED) is 0.294. The molecule has 1 N–H and O–H groups in total. The fourth-order valence-corrected chi connectivity index (χ4v) is 6.68. The lowest BCUT2D eigenvalue weighted by molar-refractivity contribution is -0.160. The molecular weight excluding hydrogens is 636 g/mol. The molecule has 2 heterocycles. The Morgan fingerprint density at radius 3 is 2.38 bits per heavy atom. The third kappa shape index (κ3) is 12.5. The molecule has 5 unspecified atom stereocenters. The van der Waals surface area contributed by atoms with E-state index in [4.69, 9.17) is 9.47 Å². The molecule has 0 aromatic heterocycles. The number of methoxy groups -OCH3 is 1. The second-order valence-electron chi connectivity index (χ2n) is 14.5. The minimum absolute atomic E-state index is 0.0849. The van der Waals surface area contributed by atoms with Gasteiger partial charge in [-0.05, 0) is 83.1 Å². The smallest absolute Gasteiger partial charge is 0.329 e. The minimum atomic E-state index is -0.865. The van der Waals surface area contributed by atoms with Gasteiger partial charge in [0.1, 0.15) is 24.2 Å². The van der Waals surface area contributed by atoms with Crippen LogP contribution in [-0.4, -0.2) is 109 Å². The number of amides is 4. The summed E-state index contributed by atoms with van der Waals surface area (Å²) in [5.41, 5.74) is 1.97. The number of hydrogen-bond donors (Lipinski definition) is 1. The van der Waals surface area contributed by atoms with E-state index in [1.165, 1.54) is 16.8 Å². The first-order chi connectivity index (χ1) is 23.8. The van der Waals surface area contributed by atoms with Crippen LogP contribution < -0.4 is 5.32 Å². The van der Waals surface area contributed by atoms with Crippen LogP contribution in [0.1, 0.15) is 97.5 Å². The number of esters is 1. The number of nitrogens with one attached hydrogen (secondary N) is 1. The van der Waals surface area contributed by atoms with Gasteiger partial charge in [0.15, 0.2) is 0 Å². The monoisotopic (exact) mass is 696 g/mol. The molecular formula is C39H60N4O7. The van der Waals surface area contributed by atoms with Crippen LogP contribution in [-0.2, 0) is 39.9 Å². The summed E-state index contributed by atoms with van der Waals surface area (Å²) < 4.78 is 11.6. The van der Waals surface area contributed by atoms with E-state index in [-0.39, 0.29) is 55.2 Å². The van der Waals surface area contributed by atoms with Crippen molar-refractivity contribution in [1.82, 2.24) is 20.0 Å². The molecule has 11 heteroatoms. The second-order valence-corrected chi connectivity index (χ2v) is 14.5. The van der Waals surface area contributed by atoms with Crippen LogP contribution in [0.3, 0.4) is 0 Å². The highest BCUT2D eigenvalue weighted by atomic mass is 16.5. The third-order valence-corrected chi connectivity index (χ3v) is 9.86. The summed E-state index contributed by atoms with van der Waals surface area (Å²) >= 11 is 0. The Morgan fingerprint density at radius 2 is 1.70 bits per heavy atom. The first-order valence-corrected chi connectivity index (χ1v) is 18.3. The maximum absolute atomic E-state index is 14.2. The Bertz CT molecular complexity index is 1320. The van der Waals surface area contributed by atoms with Crippen molar-refractivity contribution in [3.05, 3.63) is 47.5 Å². The van der Waals surface area contributed by atoms with Crippen LogP contribution in [0.25, 0.3) is 0 Å². The van der Waals surface area contributed by atoms with Crippen LogP contribution in [0, 0.1) is 5.92 Å². The molecule has 2 aliphatic rings. The zero-order valence-corrected chi connectivity index (χ0v) is 31.3. The molecule has 1 saturated heterocycles. The molecule has 1 aromatic carbocycles. The maximum atomic E-state index is 14.2. The second kappa shape index (κ2) is 20.2. The molecule has 50 heavy (non-hydrogen) atoms. The predicted molar refractivity (Wildman–Crippen MR) is 193 cm³/mol. The van der Waals surface area contributed by atoms with Crippen molar-refractivity contribution in [2.45, 2.75) is 129 Å². The minimum Gasteiger partial charge on any atom is -0.461 e. The van der Waals surface area contributed by atoms with Gasteiger partial charge in [-0.25, -0.2) is 4.79 Å². The number of allylic oxidation sites excluding steroid dienone is 2. The van der Waals surface area contributed by atoms with Crippen LogP contribution in [0.2, 0.25) is 0 Å². The van der Waals surface area contributed by atoms with E-state index in [1.54, 1.807) is 19.1 Å². The predicted octanol–water partition coefficient (Wildman–Crippen LogP) is 4.67. The van der Waals surface area contributed by atoms with E-state index in [1.807, 2.05) is 64.1 Å². The lowest BCUT2D eigenvalue weighted by atomic mass is 10.0. The Morgan fingerprint density at radius 1 is 0.980 bits per heavy atom. The molecule has 278 valence electrons. The van der Waals surface area contributed by atoms with Gasteiger partial charge >= 0.3 is 5.97 Å². The van der Waals surface area contributed by atoms with Crippen LogP contribution >= 0.6 is 0 Å². The summed E-state index contributed by atoms with van der Waals surface area (Å²) in [7, 11) is 4.81. The summed E-state index contributed by atoms with van der Waals surface area (Å²) in [5.74, 6) is -1.65. The molecule has 0 bridgehead atoms. The highest BCUT2D eigenvalue weighted by Crippen LogP contribution is 2.26. The number of rotatable bonds is 9. The van der Waals surface area contributed by atoms with Crippen molar-refractivity contribution in [2.75, 3.05) is 34.3 Å². The van der Waals surface area contributed by atoms with E-state index in [0.29, 0.717) is 51.5 Å². The molecule has 1 fully saturated rings. The van der Waals surface area contributed by atoms with E-state index in [0.717, 1.165) is 24.0 Å². The van der Waals surface area contributed by atoms with Crippen LogP contribution in [0.15, 0.2) is 42.0 Å². The highest BCUT2D eigenvalue weighted by Gasteiger charge is 2.41. The van der Waals surface area contributed by atoms with Crippen molar-refractivity contribution in [2.24, 2.45) is 5.92 Å². The number of ether oxygens (including phenoxy) is 2. The number of carbonyl (C=O) groups is 5. The summed E-state index contributed by atoms with van der Waals surface area (Å²) in [6.45, 7) is 8.13. The van der Waals surface area contributed by atoms with Crippen molar-refractivity contribution in [1.29, 1.82) is 0 Å². The summed E-state index contributed by atoms with van der Waals surface area (Å²) in [6, 6.07) is 7.06. The lowest BCUT2D eigenvalue weighted by Gasteiger charge is -2.35. The average Bonchev–Trinajstić information content (AvgIpc) is 3.58. The molecule has 11 nitrogen and oxygen atoms in total. The van der Waals surface area contributed by atoms with E-state index in [2.05, 4.69) is 5.32 Å². The third-order valence-electron chi connectivity index (χ3n) is 9.86. The van der Waals surface area contributed by atoms with Gasteiger partial charge in [-0.15, -0.1) is 0 Å². The molecule has 0 spiro atoms. The van der Waals surface area contributed by atoms with Gasteiger partial charge in [0, 0.05) is 40.6 Å². The fourth-order valence-electron chi connectivity index (χ4n) is 6.68. The Labute approximate surface area is 299 Å². The van der Waals surface area contributed by atoms with Crippen molar-refractivity contribution in [3.8, 4) is 0 Å². The van der Waals surface area contributed by atoms with Gasteiger partial charge in [-0.2, -0.15) is 0 Å². The van der Waals surface area contributed by atoms with Crippen molar-refractivity contribution >= 4 is 29.6 Å². The number of nitrogens with zero attached hydrogens (tertiary/aromatic N) is 3. The Kier molecular flexibility index (Phi) is 16.4. The van der Waals surface area contributed by atoms with E-state index in [9.17, 15) is 24.0 Å². The molecule has 4 amide bonds. The van der Waals surface area contributed by atoms with Gasteiger partial charge in [0.25, 0.3) is 0 Å². The molecule has 3 rings (SSSR count). The first-order valence-electron chi connectivity index (χ1n) is 18.3. The molecule has 5 atom stereocenters. The van der Waals surface area contributed by atoms with Gasteiger partial charge in [0.05, 0.1) is 12.6 Å². The van der Waals surface area contributed by atoms with Crippen molar-refractivity contribution < 1.29 is 33.4 Å². The molecule has 0 aliphatic carbocycles. The van der Waals surface area contributed by atoms with Gasteiger partial charge in [-0.3, -0.25) is 19.2 Å². The number of cyclic esters (lactones) is 1. The SMILES string of the molecule is COC(C)CCCC1CC/C(C)=C\CCC(=O)NC(Cc2ccccc2)C(=O)N(C)CC(=O)N(C)C(CC(C)C)C(=O)N2CCCC2C(=O)O1. The summed E-state index contributed by atoms with van der Waals surface area (Å²) in [6.07, 6.45) is 7.97. The standard InChI is InChI=1S/C39H60N4O7/c1-27(2)24-34-38(47)43-23-13-19-33(43)39(48)50-31(18-12-15-29(4)49-7)22-21-28(3)14-11-20-35(44)40-32(25-30-16-9-8-10-17-30)37(46)41(5)26-36(45)42(34)6/h8-10,14,16-17,27,29,31-34H,11-13,15,18-26H2,1-7H3,(H,40,44)/b28-14-. The molecule has 2 aliphatic heterocycles. The summed E-state index contributed by atoms with van der Waals surface area (Å²) in [5, 5.41) is 2.92. The van der Waals surface area contributed by atoms with Gasteiger partial charge in [0.2, 0.25) is 23.6 Å². The first kappa shape index (κ1) is 40.7. The zero-order valence-electron chi connectivity index (χ0n) is 31.3. The largest absolute Gasteiger partial charge is 0.461 e. The zero-order chi connectivity index (χ0) is 36.8. The Balaban J connectivity index is 1.93. The number of likely N-dealkylation sites (N-methyl/N-ethyl adjacent to an activating group) is 2.